The Balaban J connectivity index is 0.00000110. The Bertz CT molecular complexity index is 1410. The lowest BCUT2D eigenvalue weighted by Gasteiger charge is -2.46. The van der Waals surface area contributed by atoms with Crippen molar-refractivity contribution in [2.45, 2.75) is 103 Å². The van der Waals surface area contributed by atoms with Crippen molar-refractivity contribution >= 4 is 19.2 Å². The molecule has 8 unspecified atom stereocenters. The second-order valence-electron chi connectivity index (χ2n) is 16.6. The highest BCUT2D eigenvalue weighted by Gasteiger charge is 2.60. The van der Waals surface area contributed by atoms with Crippen LogP contribution in [-0.2, 0) is 5.41 Å². The fourth-order valence-corrected chi connectivity index (χ4v) is 16.6. The van der Waals surface area contributed by atoms with Crippen LogP contribution in [0, 0.1) is 41.4 Å². The summed E-state index contributed by atoms with van der Waals surface area (Å²) in [5.41, 5.74) is 9.52. The van der Waals surface area contributed by atoms with E-state index in [9.17, 15) is 0 Å². The fourth-order valence-electron chi connectivity index (χ4n) is 10.4. The van der Waals surface area contributed by atoms with Gasteiger partial charge in [-0.1, -0.05) is 152 Å². The third kappa shape index (κ3) is 5.84. The smallest absolute Gasteiger partial charge is 0.0553 e. The van der Waals surface area contributed by atoms with Gasteiger partial charge in [0, 0.05) is 0 Å². The SMILES string of the molecule is CC1CC2C(c3ccccc3)=CC=CC2C1[Si](C)(C)C1C2C=CC=C(c3ccc(C(C)(C)C)cc3)C2CC1C1CC1.CCC. The van der Waals surface area contributed by atoms with Crippen LogP contribution in [0.3, 0.4) is 0 Å². The van der Waals surface area contributed by atoms with Crippen LogP contribution >= 0.6 is 0 Å². The number of fused-ring (bicyclic) bond motifs is 2. The van der Waals surface area contributed by atoms with E-state index in [2.05, 4.69) is 146 Å². The van der Waals surface area contributed by atoms with Gasteiger partial charge in [0.15, 0.2) is 0 Å². The van der Waals surface area contributed by atoms with Crippen molar-refractivity contribution in [1.29, 1.82) is 0 Å². The highest BCUT2D eigenvalue weighted by atomic mass is 28.3. The molecule has 0 aromatic heterocycles. The number of rotatable bonds is 5. The minimum atomic E-state index is -1.65. The van der Waals surface area contributed by atoms with Crippen LogP contribution in [0.25, 0.3) is 11.1 Å². The topological polar surface area (TPSA) is 0 Å². The molecule has 0 nitrogen and oxygen atoms in total. The Morgan fingerprint density at radius 2 is 1.23 bits per heavy atom. The van der Waals surface area contributed by atoms with E-state index >= 15 is 0 Å². The van der Waals surface area contributed by atoms with E-state index in [0.29, 0.717) is 23.7 Å². The summed E-state index contributed by atoms with van der Waals surface area (Å²) in [4.78, 5) is 0. The Labute approximate surface area is 270 Å². The number of allylic oxidation sites excluding steroid dienone is 8. The molecule has 2 aromatic carbocycles. The Hall–Kier alpha value is -2.38. The van der Waals surface area contributed by atoms with Gasteiger partial charge in [0.1, 0.15) is 0 Å². The maximum absolute atomic E-state index is 2.83. The molecule has 44 heavy (non-hydrogen) atoms. The van der Waals surface area contributed by atoms with Gasteiger partial charge in [-0.05, 0) is 111 Å². The summed E-state index contributed by atoms with van der Waals surface area (Å²) in [6, 6.07) is 20.9. The highest BCUT2D eigenvalue weighted by molar-refractivity contribution is 6.80. The van der Waals surface area contributed by atoms with E-state index in [1.165, 1.54) is 48.8 Å². The molecule has 3 fully saturated rings. The first kappa shape index (κ1) is 31.6. The fraction of sp³-hybridized carbons (Fsp3) is 0.535. The van der Waals surface area contributed by atoms with Gasteiger partial charge < -0.3 is 0 Å². The Morgan fingerprint density at radius 3 is 1.77 bits per heavy atom. The Morgan fingerprint density at radius 1 is 0.705 bits per heavy atom. The molecular weight excluding hydrogens is 545 g/mol. The molecule has 0 spiro atoms. The molecule has 0 aliphatic heterocycles. The molecule has 0 amide bonds. The summed E-state index contributed by atoms with van der Waals surface area (Å²) in [6.45, 7) is 19.5. The molecule has 0 radical (unpaired) electrons. The quantitative estimate of drug-likeness (QED) is 0.299. The average molecular weight is 603 g/mol. The van der Waals surface area contributed by atoms with Crippen molar-refractivity contribution in [3.05, 3.63) is 108 Å². The Kier molecular flexibility index (Phi) is 8.92. The molecule has 5 aliphatic rings. The molecule has 234 valence electrons. The molecule has 2 aromatic rings. The van der Waals surface area contributed by atoms with Gasteiger partial charge in [-0.15, -0.1) is 0 Å². The number of hydrogen-bond acceptors (Lipinski definition) is 0. The van der Waals surface area contributed by atoms with Gasteiger partial charge in [-0.2, -0.15) is 0 Å². The van der Waals surface area contributed by atoms with Crippen LogP contribution in [-0.4, -0.2) is 8.07 Å². The lowest BCUT2D eigenvalue weighted by molar-refractivity contribution is 0.437. The van der Waals surface area contributed by atoms with E-state index in [-0.39, 0.29) is 5.41 Å². The molecule has 7 rings (SSSR count). The number of hydrogen-bond donors (Lipinski definition) is 0. The summed E-state index contributed by atoms with van der Waals surface area (Å²) in [5, 5.41) is 0. The summed E-state index contributed by atoms with van der Waals surface area (Å²) < 4.78 is 0. The van der Waals surface area contributed by atoms with Gasteiger partial charge in [-0.3, -0.25) is 0 Å². The summed E-state index contributed by atoms with van der Waals surface area (Å²) in [5.74, 6) is 5.49. The molecular formula is C43H58Si. The zero-order chi connectivity index (χ0) is 31.2. The molecule has 0 heterocycles. The maximum atomic E-state index is 2.83. The van der Waals surface area contributed by atoms with Crippen molar-refractivity contribution in [3.8, 4) is 0 Å². The van der Waals surface area contributed by atoms with Crippen LogP contribution in [0.15, 0.2) is 91.1 Å². The summed E-state index contributed by atoms with van der Waals surface area (Å²) >= 11 is 0. The standard InChI is InChI=1S/C40H50Si.C3H8/c1-26-24-36-31(27-12-8-7-9-13-27)14-10-16-33(36)38(26)41(5,6)39-34-17-11-15-32(37(34)25-35(39)29-18-19-29)28-20-22-30(23-21-28)40(2,3)4;1-3-2/h7-17,20-23,26,29,33-39H,18-19,24-25H2,1-6H3;3H2,1-2H3. The highest BCUT2D eigenvalue weighted by Crippen LogP contribution is 2.67. The third-order valence-electron chi connectivity index (χ3n) is 12.1. The first-order valence-corrected chi connectivity index (χ1v) is 21.1. The largest absolute Gasteiger partial charge is 0.0808 e. The molecule has 3 saturated carbocycles. The van der Waals surface area contributed by atoms with Crippen molar-refractivity contribution in [3.63, 3.8) is 0 Å². The monoisotopic (exact) mass is 602 g/mol. The predicted molar refractivity (Wildman–Crippen MR) is 195 cm³/mol. The average Bonchev–Trinajstić information content (AvgIpc) is 3.67. The predicted octanol–water partition coefficient (Wildman–Crippen LogP) is 12.4. The second kappa shape index (κ2) is 12.4. The van der Waals surface area contributed by atoms with Gasteiger partial charge in [0.25, 0.3) is 0 Å². The van der Waals surface area contributed by atoms with Crippen LogP contribution in [0.5, 0.6) is 0 Å². The van der Waals surface area contributed by atoms with Crippen molar-refractivity contribution in [2.75, 3.05) is 0 Å². The number of benzene rings is 2. The van der Waals surface area contributed by atoms with Gasteiger partial charge >= 0.3 is 0 Å². The third-order valence-corrected chi connectivity index (χ3v) is 17.3. The summed E-state index contributed by atoms with van der Waals surface area (Å²) in [7, 11) is -1.65. The zero-order valence-electron chi connectivity index (χ0n) is 28.9. The van der Waals surface area contributed by atoms with Crippen LogP contribution < -0.4 is 0 Å². The van der Waals surface area contributed by atoms with Crippen LogP contribution in [0.4, 0.5) is 0 Å². The van der Waals surface area contributed by atoms with Crippen molar-refractivity contribution in [2.24, 2.45) is 41.4 Å². The zero-order valence-corrected chi connectivity index (χ0v) is 29.9. The molecule has 0 bridgehead atoms. The first-order valence-electron chi connectivity index (χ1n) is 18.0. The summed E-state index contributed by atoms with van der Waals surface area (Å²) in [6.07, 6.45) is 22.0. The molecule has 0 saturated heterocycles. The second-order valence-corrected chi connectivity index (χ2v) is 21.6. The van der Waals surface area contributed by atoms with Gasteiger partial charge in [0.2, 0.25) is 0 Å². The lowest BCUT2D eigenvalue weighted by Crippen LogP contribution is -2.46. The van der Waals surface area contributed by atoms with E-state index in [0.717, 1.165) is 28.8 Å². The minimum absolute atomic E-state index is 0.200. The normalized spacial score (nSPS) is 32.7. The van der Waals surface area contributed by atoms with Gasteiger partial charge in [0.05, 0.1) is 8.07 Å². The molecule has 5 aliphatic carbocycles. The van der Waals surface area contributed by atoms with Crippen LogP contribution in [0.2, 0.25) is 24.2 Å². The maximum Gasteiger partial charge on any atom is 0.0553 e. The van der Waals surface area contributed by atoms with E-state index in [4.69, 9.17) is 0 Å². The first-order chi connectivity index (χ1) is 21.1. The van der Waals surface area contributed by atoms with E-state index < -0.39 is 8.07 Å². The molecule has 0 N–H and O–H groups in total. The van der Waals surface area contributed by atoms with Crippen LogP contribution in [0.1, 0.15) is 90.3 Å². The van der Waals surface area contributed by atoms with E-state index in [1.54, 1.807) is 11.1 Å². The van der Waals surface area contributed by atoms with Gasteiger partial charge in [-0.25, -0.2) is 0 Å². The lowest BCUT2D eigenvalue weighted by atomic mass is 9.80. The molecule has 1 heteroatoms. The molecule has 8 atom stereocenters. The van der Waals surface area contributed by atoms with E-state index in [1.807, 2.05) is 0 Å². The van der Waals surface area contributed by atoms with Crippen molar-refractivity contribution < 1.29 is 0 Å². The van der Waals surface area contributed by atoms with Crippen molar-refractivity contribution in [1.82, 2.24) is 0 Å². The minimum Gasteiger partial charge on any atom is -0.0808 e.